The maximum absolute atomic E-state index is 12.6. The number of para-hydroxylation sites is 1. The van der Waals surface area contributed by atoms with Crippen molar-refractivity contribution >= 4 is 15.3 Å². The Morgan fingerprint density at radius 1 is 1.21 bits per heavy atom. The topological polar surface area (TPSA) is 26.3 Å². The molecule has 2 aliphatic heterocycles. The van der Waals surface area contributed by atoms with Crippen LogP contribution in [0.2, 0.25) is 0 Å². The monoisotopic (exact) mass is 273 g/mol. The molecule has 0 unspecified atom stereocenters. The fourth-order valence-electron chi connectivity index (χ4n) is 2.53. The molecular formula is C16H17O2S-. The Balaban J connectivity index is 2.20. The van der Waals surface area contributed by atoms with E-state index in [9.17, 15) is 4.21 Å². The Kier molecular flexibility index (Phi) is 3.23. The first-order chi connectivity index (χ1) is 9.24. The molecule has 2 heterocycles. The highest BCUT2D eigenvalue weighted by Crippen LogP contribution is 2.33. The summed E-state index contributed by atoms with van der Waals surface area (Å²) in [5.41, 5.74) is 2.29. The summed E-state index contributed by atoms with van der Waals surface area (Å²) in [6.07, 6.45) is 4.53. The zero-order valence-electron chi connectivity index (χ0n) is 11.2. The van der Waals surface area contributed by atoms with Gasteiger partial charge in [-0.2, -0.15) is 0 Å². The quantitative estimate of drug-likeness (QED) is 0.606. The van der Waals surface area contributed by atoms with Gasteiger partial charge in [-0.25, -0.2) is 10.4 Å². The lowest BCUT2D eigenvalue weighted by Crippen LogP contribution is -2.24. The van der Waals surface area contributed by atoms with Crippen LogP contribution in [-0.4, -0.2) is 4.86 Å². The van der Waals surface area contributed by atoms with E-state index in [1.807, 2.05) is 24.3 Å². The summed E-state index contributed by atoms with van der Waals surface area (Å²) in [6, 6.07) is 8.00. The van der Waals surface area contributed by atoms with E-state index < -0.39 is 10.4 Å². The third kappa shape index (κ3) is 2.02. The molecule has 0 spiro atoms. The van der Waals surface area contributed by atoms with Crippen LogP contribution in [0.15, 0.2) is 46.6 Å². The third-order valence-corrected chi connectivity index (χ3v) is 5.27. The number of hydrogen-bond donors (Lipinski definition) is 0. The molecule has 0 fully saturated rings. The van der Waals surface area contributed by atoms with Gasteiger partial charge in [0.1, 0.15) is 11.5 Å². The molecule has 19 heavy (non-hydrogen) atoms. The molecule has 0 saturated carbocycles. The summed E-state index contributed by atoms with van der Waals surface area (Å²) in [4.78, 5) is 1.95. The molecule has 0 aliphatic carbocycles. The largest absolute Gasteiger partial charge is 0.459 e. The highest BCUT2D eigenvalue weighted by Gasteiger charge is 2.21. The van der Waals surface area contributed by atoms with Crippen molar-refractivity contribution in [2.75, 3.05) is 0 Å². The Morgan fingerprint density at radius 2 is 2.00 bits per heavy atom. The van der Waals surface area contributed by atoms with Gasteiger partial charge in [-0.05, 0) is 30.0 Å². The van der Waals surface area contributed by atoms with Crippen LogP contribution in [0.1, 0.15) is 32.3 Å². The van der Waals surface area contributed by atoms with Crippen molar-refractivity contribution in [3.63, 3.8) is 0 Å². The van der Waals surface area contributed by atoms with Gasteiger partial charge in [0.25, 0.3) is 0 Å². The van der Waals surface area contributed by atoms with Crippen LogP contribution in [0.25, 0.3) is 0 Å². The summed E-state index contributed by atoms with van der Waals surface area (Å²) in [5, 5.41) is 0. The number of benzene rings is 1. The molecule has 1 aromatic rings. The average molecular weight is 273 g/mol. The lowest BCUT2D eigenvalue weighted by atomic mass is 10.0. The number of allylic oxidation sites excluding steroid dienone is 4. The van der Waals surface area contributed by atoms with Gasteiger partial charge in [-0.15, -0.1) is 4.91 Å². The Bertz CT molecular complexity index is 674. The van der Waals surface area contributed by atoms with E-state index in [-0.39, 0.29) is 0 Å². The summed E-state index contributed by atoms with van der Waals surface area (Å²) in [6.45, 7) is 4.17. The second kappa shape index (κ2) is 4.89. The maximum atomic E-state index is 12.6. The van der Waals surface area contributed by atoms with Crippen molar-refractivity contribution < 1.29 is 8.95 Å². The molecule has 1 aromatic carbocycles. The van der Waals surface area contributed by atoms with Crippen LogP contribution in [0.3, 0.4) is 0 Å². The molecule has 2 nitrogen and oxygen atoms in total. The van der Waals surface area contributed by atoms with Crippen molar-refractivity contribution in [1.29, 1.82) is 0 Å². The van der Waals surface area contributed by atoms with Crippen molar-refractivity contribution in [3.05, 3.63) is 52.1 Å². The van der Waals surface area contributed by atoms with Crippen LogP contribution in [0, 0.1) is 0 Å². The van der Waals surface area contributed by atoms with E-state index >= 15 is 0 Å². The van der Waals surface area contributed by atoms with Crippen LogP contribution in [0.4, 0.5) is 0 Å². The first-order valence-corrected chi connectivity index (χ1v) is 7.87. The molecule has 0 saturated heterocycles. The zero-order chi connectivity index (χ0) is 13.4. The molecule has 3 rings (SSSR count). The van der Waals surface area contributed by atoms with Crippen LogP contribution >= 0.6 is 0 Å². The average Bonchev–Trinajstić information content (AvgIpc) is 2.46. The summed E-state index contributed by atoms with van der Waals surface area (Å²) in [5.74, 6) is 1.74. The number of fused-ring (bicyclic) bond motifs is 2. The minimum Gasteiger partial charge on any atom is -0.459 e. The lowest BCUT2D eigenvalue weighted by Gasteiger charge is -2.32. The van der Waals surface area contributed by atoms with Crippen LogP contribution in [-0.2, 0) is 21.0 Å². The maximum Gasteiger partial charge on any atom is 0.130 e. The second-order valence-corrected chi connectivity index (χ2v) is 6.31. The first-order valence-electron chi connectivity index (χ1n) is 6.72. The van der Waals surface area contributed by atoms with Crippen molar-refractivity contribution in [2.45, 2.75) is 33.1 Å². The van der Waals surface area contributed by atoms with Gasteiger partial charge in [0.05, 0.1) is 0 Å². The van der Waals surface area contributed by atoms with Gasteiger partial charge in [-0.1, -0.05) is 49.4 Å². The molecule has 0 aromatic heterocycles. The SMILES string of the molecule is CCC1=CC(CC)=C2Oc3ccccc3CC2=[S-]1=O. The lowest BCUT2D eigenvalue weighted by molar-refractivity contribution is 0.435. The Morgan fingerprint density at radius 3 is 2.74 bits per heavy atom. The molecule has 0 bridgehead atoms. The molecule has 0 atom stereocenters. The van der Waals surface area contributed by atoms with E-state index in [4.69, 9.17) is 4.74 Å². The van der Waals surface area contributed by atoms with E-state index in [1.54, 1.807) is 0 Å². The summed E-state index contributed by atoms with van der Waals surface area (Å²) in [7, 11) is -1.03. The molecule has 0 radical (unpaired) electrons. The van der Waals surface area contributed by atoms with Crippen LogP contribution in [0.5, 0.6) is 5.75 Å². The molecule has 0 amide bonds. The van der Waals surface area contributed by atoms with Gasteiger partial charge in [0.15, 0.2) is 0 Å². The van der Waals surface area contributed by atoms with Gasteiger partial charge in [-0.3, -0.25) is 0 Å². The number of ether oxygens (including phenoxy) is 1. The van der Waals surface area contributed by atoms with Crippen molar-refractivity contribution in [3.8, 4) is 5.75 Å². The second-order valence-electron chi connectivity index (χ2n) is 4.75. The third-order valence-electron chi connectivity index (χ3n) is 3.61. The highest BCUT2D eigenvalue weighted by molar-refractivity contribution is 7.89. The molecule has 100 valence electrons. The summed E-state index contributed by atoms with van der Waals surface area (Å²) < 4.78 is 18.6. The van der Waals surface area contributed by atoms with E-state index in [2.05, 4.69) is 19.9 Å². The Labute approximate surface area is 115 Å². The van der Waals surface area contributed by atoms with Crippen LogP contribution < -0.4 is 4.74 Å². The summed E-state index contributed by atoms with van der Waals surface area (Å²) >= 11 is 0. The van der Waals surface area contributed by atoms with E-state index in [0.717, 1.165) is 46.1 Å². The van der Waals surface area contributed by atoms with Crippen molar-refractivity contribution in [1.82, 2.24) is 0 Å². The molecular weight excluding hydrogens is 256 g/mol. The molecule has 2 aliphatic rings. The fraction of sp³-hybridized carbons (Fsp3) is 0.312. The van der Waals surface area contributed by atoms with Gasteiger partial charge in [0, 0.05) is 0 Å². The number of hydrogen-bond acceptors (Lipinski definition) is 3. The van der Waals surface area contributed by atoms with Gasteiger partial charge in [0.2, 0.25) is 0 Å². The predicted molar refractivity (Wildman–Crippen MR) is 79.5 cm³/mol. The molecule has 0 N–H and O–H groups in total. The van der Waals surface area contributed by atoms with E-state index in [1.165, 1.54) is 5.57 Å². The standard InChI is InChI=1S/C16H17O2S/c1-3-11-9-13(4-2)19(17)15-10-12-7-5-6-8-14(12)18-16(11)15/h5-9H,3-4,10H2,1-2H3/q-1. The fourth-order valence-corrected chi connectivity index (χ4v) is 3.99. The zero-order valence-corrected chi connectivity index (χ0v) is 12.0. The van der Waals surface area contributed by atoms with Gasteiger partial charge < -0.3 is 8.95 Å². The normalized spacial score (nSPS) is 18.6. The molecule has 3 heteroatoms. The van der Waals surface area contributed by atoms with Crippen molar-refractivity contribution in [2.24, 2.45) is 0 Å². The number of rotatable bonds is 2. The first kappa shape index (κ1) is 12.5. The minimum absolute atomic E-state index is 0.735. The Hall–Kier alpha value is -1.48. The van der Waals surface area contributed by atoms with Gasteiger partial charge >= 0.3 is 0 Å². The van der Waals surface area contributed by atoms with E-state index in [0.29, 0.717) is 0 Å². The predicted octanol–water partition coefficient (Wildman–Crippen LogP) is 3.73. The smallest absolute Gasteiger partial charge is 0.130 e. The minimum atomic E-state index is -1.03. The highest BCUT2D eigenvalue weighted by atomic mass is 32.2.